The number of aryl methyl sites for hydroxylation is 1. The Hall–Kier alpha value is -3.25. The molecule has 0 saturated heterocycles. The van der Waals surface area contributed by atoms with Gasteiger partial charge in [-0.25, -0.2) is 4.39 Å². The first-order valence-electron chi connectivity index (χ1n) is 8.52. The number of carbonyl (C=O) groups is 1. The molecule has 4 rings (SSSR count). The number of hydrogen-bond acceptors (Lipinski definition) is 7. The lowest BCUT2D eigenvalue weighted by Gasteiger charge is -2.16. The molecule has 0 aliphatic heterocycles. The van der Waals surface area contributed by atoms with Gasteiger partial charge in [-0.3, -0.25) is 14.5 Å². The Morgan fingerprint density at radius 1 is 1.38 bits per heavy atom. The molecule has 1 aromatic carbocycles. The summed E-state index contributed by atoms with van der Waals surface area (Å²) in [7, 11) is 0. The fraction of sp³-hybridized carbons (Fsp3) is 0.176. The van der Waals surface area contributed by atoms with E-state index in [0.717, 1.165) is 4.88 Å². The first kappa shape index (κ1) is 19.1. The number of tetrazole rings is 1. The minimum Gasteiger partial charge on any atom is -0.322 e. The SMILES string of the molecule is Cc1nnnn1-c1ccc(F)c(NC(=O)C(C)n2c(-c3cccs3)n[nH]c2=S)c1. The average Bonchev–Trinajstić information content (AvgIpc) is 3.44. The zero-order valence-corrected chi connectivity index (χ0v) is 17.0. The number of H-pyrrole nitrogens is 1. The van der Waals surface area contributed by atoms with Crippen LogP contribution in [-0.2, 0) is 4.79 Å². The Morgan fingerprint density at radius 3 is 2.90 bits per heavy atom. The molecule has 1 amide bonds. The summed E-state index contributed by atoms with van der Waals surface area (Å²) in [6.45, 7) is 3.39. The number of halogens is 1. The number of aromatic nitrogens is 7. The van der Waals surface area contributed by atoms with Gasteiger partial charge < -0.3 is 5.32 Å². The standard InChI is InChI=1S/C17H15FN8OS2/c1-9(25-15(21-22-17(25)28)14-4-3-7-29-14)16(27)19-13-8-11(5-6-12(13)18)26-10(2)20-23-24-26/h3-9H,1-2H3,(H,19,27)(H,22,28). The summed E-state index contributed by atoms with van der Waals surface area (Å²) in [6, 6.07) is 7.29. The fourth-order valence-corrected chi connectivity index (χ4v) is 3.81. The van der Waals surface area contributed by atoms with Crippen LogP contribution in [0.25, 0.3) is 16.4 Å². The highest BCUT2D eigenvalue weighted by Crippen LogP contribution is 2.27. The van der Waals surface area contributed by atoms with Crippen molar-refractivity contribution in [3.63, 3.8) is 0 Å². The molecule has 0 fully saturated rings. The number of carbonyl (C=O) groups excluding carboxylic acids is 1. The van der Waals surface area contributed by atoms with Gasteiger partial charge in [0, 0.05) is 0 Å². The highest BCUT2D eigenvalue weighted by molar-refractivity contribution is 7.71. The molecule has 3 heterocycles. The highest BCUT2D eigenvalue weighted by Gasteiger charge is 2.22. The molecular weight excluding hydrogens is 415 g/mol. The molecule has 0 spiro atoms. The molecule has 2 N–H and O–H groups in total. The molecule has 0 aliphatic carbocycles. The van der Waals surface area contributed by atoms with Crippen LogP contribution in [0.2, 0.25) is 0 Å². The molecular formula is C17H15FN8OS2. The quantitative estimate of drug-likeness (QED) is 0.471. The van der Waals surface area contributed by atoms with Gasteiger partial charge in [-0.2, -0.15) is 9.78 Å². The van der Waals surface area contributed by atoms with Crippen molar-refractivity contribution < 1.29 is 9.18 Å². The van der Waals surface area contributed by atoms with E-state index < -0.39 is 17.8 Å². The van der Waals surface area contributed by atoms with Crippen molar-refractivity contribution in [2.45, 2.75) is 19.9 Å². The molecule has 3 aromatic heterocycles. The summed E-state index contributed by atoms with van der Waals surface area (Å²) in [5.74, 6) is 0.0674. The van der Waals surface area contributed by atoms with Crippen molar-refractivity contribution in [1.29, 1.82) is 0 Å². The lowest BCUT2D eigenvalue weighted by atomic mass is 10.2. The van der Waals surface area contributed by atoms with Crippen molar-refractivity contribution in [1.82, 2.24) is 35.0 Å². The predicted molar refractivity (Wildman–Crippen MR) is 108 cm³/mol. The Labute approximate surface area is 173 Å². The van der Waals surface area contributed by atoms with Gasteiger partial charge in [0.05, 0.1) is 16.3 Å². The van der Waals surface area contributed by atoms with E-state index in [-0.39, 0.29) is 5.69 Å². The van der Waals surface area contributed by atoms with Gasteiger partial charge in [0.1, 0.15) is 11.9 Å². The van der Waals surface area contributed by atoms with Crippen molar-refractivity contribution in [3.8, 4) is 16.4 Å². The smallest absolute Gasteiger partial charge is 0.247 e. The lowest BCUT2D eigenvalue weighted by molar-refractivity contribution is -0.118. The van der Waals surface area contributed by atoms with Crippen LogP contribution in [0.15, 0.2) is 35.7 Å². The molecule has 9 nitrogen and oxygen atoms in total. The third-order valence-electron chi connectivity index (χ3n) is 4.29. The predicted octanol–water partition coefficient (Wildman–Crippen LogP) is 3.29. The third-order valence-corrected chi connectivity index (χ3v) is 5.44. The van der Waals surface area contributed by atoms with Crippen LogP contribution in [-0.4, -0.2) is 40.9 Å². The van der Waals surface area contributed by atoms with E-state index in [1.807, 2.05) is 17.5 Å². The lowest BCUT2D eigenvalue weighted by Crippen LogP contribution is -2.25. The van der Waals surface area contributed by atoms with Gasteiger partial charge in [0.15, 0.2) is 16.4 Å². The summed E-state index contributed by atoms with van der Waals surface area (Å²) in [5, 5.41) is 22.7. The van der Waals surface area contributed by atoms with Gasteiger partial charge in [0.2, 0.25) is 5.91 Å². The van der Waals surface area contributed by atoms with Gasteiger partial charge in [-0.05, 0) is 66.1 Å². The average molecular weight is 430 g/mol. The maximum Gasteiger partial charge on any atom is 0.247 e. The molecule has 12 heteroatoms. The van der Waals surface area contributed by atoms with Crippen LogP contribution in [0.3, 0.4) is 0 Å². The van der Waals surface area contributed by atoms with E-state index in [0.29, 0.717) is 22.1 Å². The second kappa shape index (κ2) is 7.64. The van der Waals surface area contributed by atoms with Gasteiger partial charge in [0.25, 0.3) is 0 Å². The molecule has 148 valence electrons. The zero-order valence-electron chi connectivity index (χ0n) is 15.3. The van der Waals surface area contributed by atoms with Gasteiger partial charge in [-0.1, -0.05) is 6.07 Å². The molecule has 4 aromatic rings. The fourth-order valence-electron chi connectivity index (χ4n) is 2.81. The molecule has 0 radical (unpaired) electrons. The summed E-state index contributed by atoms with van der Waals surface area (Å²) in [5.41, 5.74) is 0.540. The first-order chi connectivity index (χ1) is 14.0. The molecule has 0 bridgehead atoms. The third kappa shape index (κ3) is 3.59. The van der Waals surface area contributed by atoms with Gasteiger partial charge >= 0.3 is 0 Å². The second-order valence-corrected chi connectivity index (χ2v) is 7.50. The van der Waals surface area contributed by atoms with Crippen molar-refractivity contribution in [3.05, 3.63) is 52.1 Å². The van der Waals surface area contributed by atoms with Crippen LogP contribution in [0, 0.1) is 17.5 Å². The number of hydrogen-bond donors (Lipinski definition) is 2. The minimum atomic E-state index is -0.726. The number of thiophene rings is 1. The largest absolute Gasteiger partial charge is 0.322 e. The molecule has 0 saturated carbocycles. The molecule has 0 aliphatic rings. The first-order valence-corrected chi connectivity index (χ1v) is 9.81. The Balaban J connectivity index is 1.63. The van der Waals surface area contributed by atoms with Crippen molar-refractivity contribution in [2.24, 2.45) is 0 Å². The van der Waals surface area contributed by atoms with Crippen LogP contribution < -0.4 is 5.32 Å². The summed E-state index contributed by atoms with van der Waals surface area (Å²) in [4.78, 5) is 13.7. The van der Waals surface area contributed by atoms with Crippen molar-refractivity contribution >= 4 is 35.1 Å². The molecule has 1 unspecified atom stereocenters. The Kier molecular flexibility index (Phi) is 5.03. The van der Waals surface area contributed by atoms with Crippen LogP contribution in [0.5, 0.6) is 0 Å². The normalized spacial score (nSPS) is 12.1. The van der Waals surface area contributed by atoms with Crippen molar-refractivity contribution in [2.75, 3.05) is 5.32 Å². The van der Waals surface area contributed by atoms with E-state index >= 15 is 0 Å². The number of aromatic amines is 1. The van der Waals surface area contributed by atoms with E-state index in [1.54, 1.807) is 18.4 Å². The molecule has 29 heavy (non-hydrogen) atoms. The van der Waals surface area contributed by atoms with E-state index in [1.165, 1.54) is 34.2 Å². The maximum atomic E-state index is 14.3. The summed E-state index contributed by atoms with van der Waals surface area (Å²) < 4.78 is 17.7. The summed E-state index contributed by atoms with van der Waals surface area (Å²) in [6.07, 6.45) is 0. The second-order valence-electron chi connectivity index (χ2n) is 6.17. The zero-order chi connectivity index (χ0) is 20.5. The maximum absolute atomic E-state index is 14.3. The minimum absolute atomic E-state index is 0.0157. The number of rotatable bonds is 5. The number of benzene rings is 1. The number of nitrogens with zero attached hydrogens (tertiary/aromatic N) is 6. The number of amides is 1. The van der Waals surface area contributed by atoms with Crippen LogP contribution in [0.4, 0.5) is 10.1 Å². The summed E-state index contributed by atoms with van der Waals surface area (Å²) >= 11 is 6.77. The van der Waals surface area contributed by atoms with Gasteiger partial charge in [-0.15, -0.1) is 16.4 Å². The molecule has 1 atom stereocenters. The Bertz CT molecular complexity index is 1230. The van der Waals surface area contributed by atoms with E-state index in [2.05, 4.69) is 31.0 Å². The van der Waals surface area contributed by atoms with E-state index in [9.17, 15) is 9.18 Å². The topological polar surface area (TPSA) is 106 Å². The highest BCUT2D eigenvalue weighted by atomic mass is 32.1. The van der Waals surface area contributed by atoms with Crippen LogP contribution >= 0.6 is 23.6 Å². The Morgan fingerprint density at radius 2 is 2.21 bits per heavy atom. The monoisotopic (exact) mass is 430 g/mol. The van der Waals surface area contributed by atoms with E-state index in [4.69, 9.17) is 12.2 Å². The number of nitrogens with one attached hydrogen (secondary N) is 2. The van der Waals surface area contributed by atoms with Crippen LogP contribution in [0.1, 0.15) is 18.8 Å². The number of anilines is 1.